The predicted molar refractivity (Wildman–Crippen MR) is 115 cm³/mol. The number of carbonyl (C=O) groups excluding carboxylic acids is 1. The van der Waals surface area contributed by atoms with Gasteiger partial charge in [-0.1, -0.05) is 18.2 Å². The van der Waals surface area contributed by atoms with Crippen molar-refractivity contribution in [2.45, 2.75) is 57.9 Å². The first-order valence-corrected chi connectivity index (χ1v) is 11.0. The number of aromatic amines is 1. The minimum absolute atomic E-state index is 0.297. The Balaban J connectivity index is 1.14. The standard InChI is InChI=1S/C24H30N4O/c1-17-14-26-24(19-6-7-19)28(17)16-18-10-12-27(13-11-18)23(29)9-8-20-15-25-22-5-3-2-4-21(20)22/h2-5,14-15,18-19,25H,6-13,16H2,1H3. The number of benzene rings is 1. The molecule has 1 saturated carbocycles. The van der Waals surface area contributed by atoms with E-state index in [0.29, 0.717) is 24.2 Å². The van der Waals surface area contributed by atoms with Crippen LogP contribution in [0.25, 0.3) is 10.9 Å². The van der Waals surface area contributed by atoms with Crippen molar-refractivity contribution >= 4 is 16.8 Å². The molecule has 3 aromatic rings. The molecule has 5 heteroatoms. The van der Waals surface area contributed by atoms with Gasteiger partial charge in [0.2, 0.25) is 5.91 Å². The van der Waals surface area contributed by atoms with E-state index in [1.165, 1.54) is 35.3 Å². The van der Waals surface area contributed by atoms with Crippen molar-refractivity contribution in [1.82, 2.24) is 19.4 Å². The Bertz CT molecular complexity index is 1000. The number of amides is 1. The van der Waals surface area contributed by atoms with E-state index >= 15 is 0 Å². The Morgan fingerprint density at radius 3 is 2.76 bits per heavy atom. The summed E-state index contributed by atoms with van der Waals surface area (Å²) in [7, 11) is 0. The molecule has 0 atom stereocenters. The number of fused-ring (bicyclic) bond motifs is 1. The van der Waals surface area contributed by atoms with Gasteiger partial charge >= 0.3 is 0 Å². The van der Waals surface area contributed by atoms with Crippen LogP contribution in [0, 0.1) is 12.8 Å². The van der Waals surface area contributed by atoms with Crippen molar-refractivity contribution in [1.29, 1.82) is 0 Å². The second-order valence-electron chi connectivity index (χ2n) is 8.83. The molecule has 2 aliphatic rings. The third-order valence-corrected chi connectivity index (χ3v) is 6.72. The number of carbonyl (C=O) groups is 1. The fourth-order valence-electron chi connectivity index (χ4n) is 4.75. The van der Waals surface area contributed by atoms with E-state index in [9.17, 15) is 4.79 Å². The van der Waals surface area contributed by atoms with Gasteiger partial charge in [0, 0.05) is 61.0 Å². The molecule has 2 aromatic heterocycles. The molecule has 1 aliphatic heterocycles. The Hall–Kier alpha value is -2.56. The number of nitrogens with one attached hydrogen (secondary N) is 1. The van der Waals surface area contributed by atoms with E-state index in [1.54, 1.807) is 0 Å². The van der Waals surface area contributed by atoms with Gasteiger partial charge in [-0.25, -0.2) is 4.98 Å². The van der Waals surface area contributed by atoms with E-state index in [4.69, 9.17) is 0 Å². The molecule has 2 fully saturated rings. The molecule has 0 radical (unpaired) electrons. The first-order chi connectivity index (χ1) is 14.2. The lowest BCUT2D eigenvalue weighted by molar-refractivity contribution is -0.132. The highest BCUT2D eigenvalue weighted by Gasteiger charge is 2.30. The maximum absolute atomic E-state index is 12.8. The highest BCUT2D eigenvalue weighted by molar-refractivity contribution is 5.84. The van der Waals surface area contributed by atoms with Gasteiger partial charge in [-0.3, -0.25) is 4.79 Å². The van der Waals surface area contributed by atoms with Gasteiger partial charge in [0.1, 0.15) is 5.82 Å². The summed E-state index contributed by atoms with van der Waals surface area (Å²) in [4.78, 5) is 22.8. The minimum Gasteiger partial charge on any atom is -0.361 e. The molecule has 5 rings (SSSR count). The van der Waals surface area contributed by atoms with E-state index in [1.807, 2.05) is 12.3 Å². The number of aromatic nitrogens is 3. The van der Waals surface area contributed by atoms with Crippen LogP contribution in [0.1, 0.15) is 55.1 Å². The van der Waals surface area contributed by atoms with Gasteiger partial charge in [-0.2, -0.15) is 0 Å². The minimum atomic E-state index is 0.297. The van der Waals surface area contributed by atoms with Gasteiger partial charge in [-0.15, -0.1) is 0 Å². The zero-order valence-electron chi connectivity index (χ0n) is 17.2. The summed E-state index contributed by atoms with van der Waals surface area (Å²) in [6.45, 7) is 5.02. The third kappa shape index (κ3) is 3.83. The Morgan fingerprint density at radius 1 is 1.17 bits per heavy atom. The van der Waals surface area contributed by atoms with Crippen LogP contribution in [0.5, 0.6) is 0 Å². The number of para-hydroxylation sites is 1. The molecule has 5 nitrogen and oxygen atoms in total. The zero-order valence-corrected chi connectivity index (χ0v) is 17.2. The third-order valence-electron chi connectivity index (χ3n) is 6.72. The van der Waals surface area contributed by atoms with Crippen LogP contribution in [0.2, 0.25) is 0 Å². The second kappa shape index (κ2) is 7.69. The highest BCUT2D eigenvalue weighted by atomic mass is 16.2. The number of hydrogen-bond acceptors (Lipinski definition) is 2. The van der Waals surface area contributed by atoms with Crippen LogP contribution in [0.4, 0.5) is 0 Å². The highest BCUT2D eigenvalue weighted by Crippen LogP contribution is 2.40. The van der Waals surface area contributed by atoms with Gasteiger partial charge < -0.3 is 14.5 Å². The largest absolute Gasteiger partial charge is 0.361 e. The van der Waals surface area contributed by atoms with Gasteiger partial charge in [0.05, 0.1) is 0 Å². The fourth-order valence-corrected chi connectivity index (χ4v) is 4.75. The molecule has 29 heavy (non-hydrogen) atoms. The number of imidazole rings is 1. The Labute approximate surface area is 172 Å². The van der Waals surface area contributed by atoms with Crippen LogP contribution in [-0.4, -0.2) is 38.4 Å². The summed E-state index contributed by atoms with van der Waals surface area (Å²) >= 11 is 0. The van der Waals surface area contributed by atoms with Crippen molar-refractivity contribution in [2.75, 3.05) is 13.1 Å². The van der Waals surface area contributed by atoms with E-state index in [-0.39, 0.29) is 0 Å². The average Bonchev–Trinajstić information content (AvgIpc) is 3.41. The molecule has 152 valence electrons. The summed E-state index contributed by atoms with van der Waals surface area (Å²) in [6.07, 6.45) is 10.3. The predicted octanol–water partition coefficient (Wildman–Crippen LogP) is 4.42. The first kappa shape index (κ1) is 18.5. The van der Waals surface area contributed by atoms with Crippen LogP contribution in [0.15, 0.2) is 36.7 Å². The van der Waals surface area contributed by atoms with Crippen LogP contribution in [-0.2, 0) is 17.8 Å². The maximum Gasteiger partial charge on any atom is 0.222 e. The molecule has 1 N–H and O–H groups in total. The topological polar surface area (TPSA) is 53.9 Å². The number of likely N-dealkylation sites (tertiary alicyclic amines) is 1. The molecule has 1 saturated heterocycles. The molecule has 1 aliphatic carbocycles. The molecule has 0 spiro atoms. The van der Waals surface area contributed by atoms with E-state index < -0.39 is 0 Å². The quantitative estimate of drug-likeness (QED) is 0.677. The monoisotopic (exact) mass is 390 g/mol. The van der Waals surface area contributed by atoms with E-state index in [0.717, 1.165) is 44.4 Å². The zero-order chi connectivity index (χ0) is 19.8. The molecule has 1 amide bonds. The summed E-state index contributed by atoms with van der Waals surface area (Å²) in [5.41, 5.74) is 3.67. The number of aryl methyl sites for hydroxylation is 2. The van der Waals surface area contributed by atoms with Crippen molar-refractivity contribution in [3.63, 3.8) is 0 Å². The number of hydrogen-bond donors (Lipinski definition) is 1. The molecule has 3 heterocycles. The molecular weight excluding hydrogens is 360 g/mol. The van der Waals surface area contributed by atoms with Crippen molar-refractivity contribution < 1.29 is 4.79 Å². The molecule has 0 bridgehead atoms. The lowest BCUT2D eigenvalue weighted by Gasteiger charge is -2.32. The van der Waals surface area contributed by atoms with Crippen molar-refractivity contribution in [2.24, 2.45) is 5.92 Å². The van der Waals surface area contributed by atoms with Crippen molar-refractivity contribution in [3.8, 4) is 0 Å². The lowest BCUT2D eigenvalue weighted by Crippen LogP contribution is -2.39. The normalized spacial score (nSPS) is 17.9. The van der Waals surface area contributed by atoms with Crippen LogP contribution >= 0.6 is 0 Å². The van der Waals surface area contributed by atoms with Gasteiger partial charge in [0.25, 0.3) is 0 Å². The van der Waals surface area contributed by atoms with Crippen LogP contribution in [0.3, 0.4) is 0 Å². The number of piperidine rings is 1. The van der Waals surface area contributed by atoms with E-state index in [2.05, 4.69) is 50.8 Å². The summed E-state index contributed by atoms with van der Waals surface area (Å²) in [6, 6.07) is 8.31. The smallest absolute Gasteiger partial charge is 0.222 e. The Morgan fingerprint density at radius 2 is 1.97 bits per heavy atom. The molecule has 1 aromatic carbocycles. The number of H-pyrrole nitrogens is 1. The number of nitrogens with zero attached hydrogens (tertiary/aromatic N) is 3. The Kier molecular flexibility index (Phi) is 4.90. The summed E-state index contributed by atoms with van der Waals surface area (Å²) in [5, 5.41) is 1.24. The van der Waals surface area contributed by atoms with Crippen LogP contribution < -0.4 is 0 Å². The number of rotatable bonds is 6. The second-order valence-corrected chi connectivity index (χ2v) is 8.83. The van der Waals surface area contributed by atoms with Gasteiger partial charge in [-0.05, 0) is 56.6 Å². The lowest BCUT2D eigenvalue weighted by atomic mass is 9.96. The maximum atomic E-state index is 12.8. The molecule has 0 unspecified atom stereocenters. The van der Waals surface area contributed by atoms with Gasteiger partial charge in [0.15, 0.2) is 0 Å². The SMILES string of the molecule is Cc1cnc(C2CC2)n1CC1CCN(C(=O)CCc2c[nH]c3ccccc23)CC1. The molecular formula is C24H30N4O. The first-order valence-electron chi connectivity index (χ1n) is 11.0. The average molecular weight is 391 g/mol. The fraction of sp³-hybridized carbons (Fsp3) is 0.500. The summed E-state index contributed by atoms with van der Waals surface area (Å²) < 4.78 is 2.44. The van der Waals surface area contributed by atoms with Crippen molar-refractivity contribution in [3.05, 3.63) is 53.7 Å². The summed E-state index contributed by atoms with van der Waals surface area (Å²) in [5.74, 6) is 2.93.